The van der Waals surface area contributed by atoms with Gasteiger partial charge in [-0.25, -0.2) is 0 Å². The first-order valence-corrected chi connectivity index (χ1v) is 3.74. The summed E-state index contributed by atoms with van der Waals surface area (Å²) in [6, 6.07) is 7.44. The van der Waals surface area contributed by atoms with Crippen LogP contribution in [0.15, 0.2) is 24.3 Å². The number of rotatable bonds is 3. The van der Waals surface area contributed by atoms with Gasteiger partial charge in [0.15, 0.2) is 0 Å². The van der Waals surface area contributed by atoms with Crippen LogP contribution < -0.4 is 10.4 Å². The number of nitrogens with zero attached hydrogens (tertiary/aromatic N) is 1. The van der Waals surface area contributed by atoms with Crippen LogP contribution >= 0.6 is 0 Å². The Morgan fingerprint density at radius 1 is 1.43 bits per heavy atom. The Kier molecular flexibility index (Phi) is 7.70. The summed E-state index contributed by atoms with van der Waals surface area (Å²) in [7, 11) is 7.43. The molecule has 0 atom stereocenters. The molecule has 0 saturated carbocycles. The second-order valence-electron chi connectivity index (χ2n) is 2.64. The Bertz CT molecular complexity index is 281. The predicted molar refractivity (Wildman–Crippen MR) is 55.0 cm³/mol. The molecule has 0 saturated heterocycles. The van der Waals surface area contributed by atoms with Crippen LogP contribution in [0.25, 0.3) is 0 Å². The molecule has 0 spiro atoms. The largest absolute Gasteiger partial charge is 0.870 e. The fraction of sp³-hybridized carbons (Fsp3) is 0.222. The third kappa shape index (κ3) is 4.07. The van der Waals surface area contributed by atoms with E-state index in [2.05, 4.69) is 0 Å². The van der Waals surface area contributed by atoms with Gasteiger partial charge in [-0.2, -0.15) is 0 Å². The van der Waals surface area contributed by atoms with Crippen LogP contribution in [0.3, 0.4) is 0 Å². The summed E-state index contributed by atoms with van der Waals surface area (Å²) in [6.07, 6.45) is 0.864. The van der Waals surface area contributed by atoms with Gasteiger partial charge in [0, 0.05) is 0 Å². The Labute approximate surface area is 84.6 Å². The molecule has 0 aliphatic carbocycles. The second-order valence-corrected chi connectivity index (χ2v) is 2.64. The first-order valence-electron chi connectivity index (χ1n) is 3.74. The van der Waals surface area contributed by atoms with E-state index in [1.807, 2.05) is 36.2 Å². The topological polar surface area (TPSA) is 80.3 Å². The standard InChI is InChI=1S/C9H10BNO.2H2O/c1-11(5-6-12)9-4-2-3-8(10)7-9;;/h2-4,6-7H,5H2,1H3;2*1H2/q+2;;/p-2. The summed E-state index contributed by atoms with van der Waals surface area (Å²) in [4.78, 5) is 12.0. The molecule has 0 aliphatic rings. The smallest absolute Gasteiger partial charge is 0.870 e. The molecule has 1 aromatic rings. The molecule has 0 heterocycles. The van der Waals surface area contributed by atoms with Gasteiger partial charge in [0.2, 0.25) is 0 Å². The summed E-state index contributed by atoms with van der Waals surface area (Å²) in [5, 5.41) is 0. The third-order valence-electron chi connectivity index (χ3n) is 1.66. The quantitative estimate of drug-likeness (QED) is 0.490. The van der Waals surface area contributed by atoms with Crippen molar-refractivity contribution in [2.45, 2.75) is 0 Å². The van der Waals surface area contributed by atoms with E-state index in [1.165, 1.54) is 0 Å². The van der Waals surface area contributed by atoms with Crippen molar-refractivity contribution in [3.63, 3.8) is 0 Å². The molecule has 1 aromatic carbocycles. The van der Waals surface area contributed by atoms with Gasteiger partial charge >= 0.3 is 72.8 Å². The zero-order chi connectivity index (χ0) is 8.97. The Morgan fingerprint density at radius 2 is 2.07 bits per heavy atom. The SMILES string of the molecule is [B+2]c1cccc(N(C)CC=O)c1.[OH-].[OH-]. The average Bonchev–Trinajstić information content (AvgIpc) is 2.05. The molecule has 1 rings (SSSR count). The number of hydrogen-bond acceptors (Lipinski definition) is 4. The van der Waals surface area contributed by atoms with Gasteiger partial charge in [0.25, 0.3) is 0 Å². The molecular weight excluding hydrogens is 181 g/mol. The monoisotopic (exact) mass is 193 g/mol. The maximum absolute atomic E-state index is 10.2. The van der Waals surface area contributed by atoms with Crippen molar-refractivity contribution in [1.29, 1.82) is 0 Å². The zero-order valence-electron chi connectivity index (χ0n) is 7.92. The average molecular weight is 193 g/mol. The second kappa shape index (κ2) is 7.11. The maximum atomic E-state index is 10.2. The molecule has 74 valence electrons. The molecule has 4 nitrogen and oxygen atoms in total. The third-order valence-corrected chi connectivity index (χ3v) is 1.66. The normalized spacial score (nSPS) is 8.21. The van der Waals surface area contributed by atoms with E-state index in [-0.39, 0.29) is 11.0 Å². The molecule has 0 aromatic heterocycles. The number of hydrogen-bond donors (Lipinski definition) is 0. The summed E-state index contributed by atoms with van der Waals surface area (Å²) < 4.78 is 0. The van der Waals surface area contributed by atoms with Crippen LogP contribution in [0.1, 0.15) is 0 Å². The van der Waals surface area contributed by atoms with Gasteiger partial charge in [-0.05, 0) is 0 Å². The van der Waals surface area contributed by atoms with Gasteiger partial charge in [-0.15, -0.1) is 0 Å². The molecular formula is C9H12BNO3. The van der Waals surface area contributed by atoms with Crippen molar-refractivity contribution < 1.29 is 15.7 Å². The van der Waals surface area contributed by atoms with Gasteiger partial charge in [-0.3, -0.25) is 0 Å². The fourth-order valence-electron chi connectivity index (χ4n) is 0.979. The minimum absolute atomic E-state index is 0. The van der Waals surface area contributed by atoms with Crippen molar-refractivity contribution in [3.8, 4) is 0 Å². The van der Waals surface area contributed by atoms with E-state index in [9.17, 15) is 4.79 Å². The minimum atomic E-state index is 0. The van der Waals surface area contributed by atoms with Crippen LogP contribution in [0.5, 0.6) is 0 Å². The van der Waals surface area contributed by atoms with Crippen molar-refractivity contribution in [2.75, 3.05) is 18.5 Å². The summed E-state index contributed by atoms with van der Waals surface area (Å²) >= 11 is 0. The van der Waals surface area contributed by atoms with Crippen LogP contribution in [0, 0.1) is 0 Å². The molecule has 2 N–H and O–H groups in total. The van der Waals surface area contributed by atoms with Gasteiger partial charge in [-0.1, -0.05) is 0 Å². The molecule has 0 bridgehead atoms. The summed E-state index contributed by atoms with van der Waals surface area (Å²) in [6.45, 7) is 0.392. The van der Waals surface area contributed by atoms with Crippen LogP contribution in [-0.2, 0) is 4.79 Å². The summed E-state index contributed by atoms with van der Waals surface area (Å²) in [5.41, 5.74) is 1.67. The Morgan fingerprint density at radius 3 is 2.57 bits per heavy atom. The molecule has 0 unspecified atom stereocenters. The van der Waals surface area contributed by atoms with E-state index in [0.29, 0.717) is 12.0 Å². The van der Waals surface area contributed by atoms with Crippen molar-refractivity contribution in [3.05, 3.63) is 24.3 Å². The first kappa shape index (κ1) is 15.2. The fourth-order valence-corrected chi connectivity index (χ4v) is 0.979. The number of anilines is 1. The van der Waals surface area contributed by atoms with Crippen LogP contribution in [0.4, 0.5) is 5.69 Å². The molecule has 0 aliphatic heterocycles. The van der Waals surface area contributed by atoms with E-state index < -0.39 is 0 Å². The number of carbonyl (C=O) groups is 1. The van der Waals surface area contributed by atoms with Gasteiger partial charge in [0.05, 0.1) is 0 Å². The summed E-state index contributed by atoms with van der Waals surface area (Å²) in [5.74, 6) is 0. The predicted octanol–water partition coefficient (Wildman–Crippen LogP) is -0.238. The molecule has 5 heteroatoms. The molecule has 0 radical (unpaired) electrons. The van der Waals surface area contributed by atoms with Gasteiger partial charge in [0.1, 0.15) is 0 Å². The van der Waals surface area contributed by atoms with Crippen LogP contribution in [-0.4, -0.2) is 38.7 Å². The van der Waals surface area contributed by atoms with Crippen molar-refractivity contribution in [2.24, 2.45) is 0 Å². The maximum Gasteiger partial charge on any atom is -0.870 e. The minimum Gasteiger partial charge on any atom is -0.870 e. The number of carbonyl (C=O) groups excluding carboxylic acids is 1. The number of aldehydes is 1. The number of likely N-dealkylation sites (N-methyl/N-ethyl adjacent to an activating group) is 1. The Balaban J connectivity index is 0. The van der Waals surface area contributed by atoms with E-state index in [0.717, 1.165) is 12.0 Å². The van der Waals surface area contributed by atoms with E-state index in [1.54, 1.807) is 0 Å². The van der Waals surface area contributed by atoms with Crippen molar-refractivity contribution in [1.82, 2.24) is 0 Å². The molecule has 0 amide bonds. The van der Waals surface area contributed by atoms with E-state index in [4.69, 9.17) is 7.85 Å². The van der Waals surface area contributed by atoms with Crippen LogP contribution in [0.2, 0.25) is 0 Å². The first-order chi connectivity index (χ1) is 5.74. The number of benzene rings is 1. The Hall–Kier alpha value is -1.33. The van der Waals surface area contributed by atoms with Crippen molar-refractivity contribution >= 4 is 25.3 Å². The van der Waals surface area contributed by atoms with Gasteiger partial charge < -0.3 is 11.0 Å². The molecule has 14 heavy (non-hydrogen) atoms. The zero-order valence-corrected chi connectivity index (χ0v) is 7.92. The van der Waals surface area contributed by atoms with E-state index >= 15 is 0 Å². The molecule has 0 fully saturated rings.